The molecule has 4 aromatic rings. The lowest BCUT2D eigenvalue weighted by molar-refractivity contribution is -0.139. The molecule has 5 atom stereocenters. The Morgan fingerprint density at radius 1 is 0.796 bits per heavy atom. The third-order valence-electron chi connectivity index (χ3n) is 10.2. The molecule has 5 rings (SSSR count). The maximum atomic E-state index is 14.7. The Hall–Kier alpha value is -5.03. The zero-order valence-electron chi connectivity index (χ0n) is 31.5. The molecule has 0 aliphatic carbocycles. The number of likely N-dealkylation sites (N-methyl/N-ethyl adjacent to an activating group) is 1. The number of aliphatic hydroxyl groups excluding tert-OH is 1. The fourth-order valence-electron chi connectivity index (χ4n) is 6.89. The lowest BCUT2D eigenvalue weighted by Gasteiger charge is -2.35. The summed E-state index contributed by atoms with van der Waals surface area (Å²) in [5.41, 5.74) is 3.95. The molecule has 0 saturated carbocycles. The number of carbonyl (C=O) groups is 3. The molecule has 0 spiro atoms. The molecule has 4 aromatic carbocycles. The van der Waals surface area contributed by atoms with Gasteiger partial charge in [0.05, 0.1) is 6.04 Å². The first-order valence-corrected chi connectivity index (χ1v) is 19.1. The predicted octanol–water partition coefficient (Wildman–Crippen LogP) is 5.10. The summed E-state index contributed by atoms with van der Waals surface area (Å²) in [5.74, 6) is -0.322. The Morgan fingerprint density at radius 3 is 1.94 bits per heavy atom. The number of aliphatic hydroxyl groups is 1. The molecule has 3 amide bonds. The van der Waals surface area contributed by atoms with Crippen molar-refractivity contribution in [2.75, 3.05) is 26.7 Å². The lowest BCUT2D eigenvalue weighted by atomic mass is 10.0. The standard InChI is InChI=1S/C44H55N5O5/c1-33(45-2)41(50)46-39(26-25-34-16-7-3-8-17-34)43(52)49-28-15-24-38(49)31-48(29-27-35-18-9-4-10-19-35)42(51)40(30-36-20-11-5-12-21-36)47-44(53)54-32-37-22-13-6-14-23-37/h3-14,16-23,33,38-41,45-46,50H,15,24-32H2,1-2H3,(H,47,53)/t33-,38-,39-,40+,41?/m0/s1. The Bertz CT molecular complexity index is 1710. The van der Waals surface area contributed by atoms with Gasteiger partial charge in [-0.1, -0.05) is 121 Å². The number of carbonyl (C=O) groups excluding carboxylic acids is 3. The van der Waals surface area contributed by atoms with Crippen molar-refractivity contribution >= 4 is 17.9 Å². The second-order valence-electron chi connectivity index (χ2n) is 14.1. The summed E-state index contributed by atoms with van der Waals surface area (Å²) in [6, 6.07) is 37.0. The minimum Gasteiger partial charge on any atom is -0.445 e. The minimum absolute atomic E-state index is 0.0804. The second-order valence-corrected chi connectivity index (χ2v) is 14.1. The lowest BCUT2D eigenvalue weighted by Crippen LogP contribution is -2.57. The molecule has 1 unspecified atom stereocenters. The SMILES string of the molecule is CN[C@@H](C)C(O)N[C@@H](CCc1ccccc1)C(=O)N1CCC[C@H]1CN(CCc1ccccc1)C(=O)[C@@H](Cc1ccccc1)NC(=O)OCc1ccccc1. The number of likely N-dealkylation sites (tertiary alicyclic amines) is 1. The molecular weight excluding hydrogens is 679 g/mol. The normalized spacial score (nSPS) is 16.2. The van der Waals surface area contributed by atoms with Crippen molar-refractivity contribution in [1.82, 2.24) is 25.8 Å². The summed E-state index contributed by atoms with van der Waals surface area (Å²) in [6.45, 7) is 3.22. The Balaban J connectivity index is 1.36. The first-order valence-electron chi connectivity index (χ1n) is 19.1. The van der Waals surface area contributed by atoms with Gasteiger partial charge in [-0.05, 0) is 68.3 Å². The number of benzene rings is 4. The van der Waals surface area contributed by atoms with Gasteiger partial charge < -0.3 is 30.3 Å². The van der Waals surface area contributed by atoms with Gasteiger partial charge in [-0.25, -0.2) is 4.79 Å². The van der Waals surface area contributed by atoms with Crippen LogP contribution in [0, 0.1) is 0 Å². The number of nitrogens with one attached hydrogen (secondary N) is 3. The second kappa shape index (κ2) is 21.0. The number of alkyl carbamates (subject to hydrolysis) is 1. The van der Waals surface area contributed by atoms with Gasteiger partial charge in [-0.3, -0.25) is 14.9 Å². The van der Waals surface area contributed by atoms with E-state index in [4.69, 9.17) is 4.74 Å². The van der Waals surface area contributed by atoms with Crippen molar-refractivity contribution in [3.63, 3.8) is 0 Å². The smallest absolute Gasteiger partial charge is 0.408 e. The van der Waals surface area contributed by atoms with Crippen LogP contribution >= 0.6 is 0 Å². The van der Waals surface area contributed by atoms with Crippen LogP contribution < -0.4 is 16.0 Å². The summed E-state index contributed by atoms with van der Waals surface area (Å²) in [7, 11) is 1.77. The minimum atomic E-state index is -0.934. The van der Waals surface area contributed by atoms with Gasteiger partial charge in [-0.2, -0.15) is 0 Å². The fourth-order valence-corrected chi connectivity index (χ4v) is 6.89. The number of ether oxygens (including phenoxy) is 1. The van der Waals surface area contributed by atoms with E-state index in [1.807, 2.05) is 133 Å². The molecular formula is C44H55N5O5. The van der Waals surface area contributed by atoms with E-state index in [0.29, 0.717) is 38.9 Å². The molecule has 10 heteroatoms. The van der Waals surface area contributed by atoms with Gasteiger partial charge in [-0.15, -0.1) is 0 Å². The summed E-state index contributed by atoms with van der Waals surface area (Å²) in [4.78, 5) is 46.0. The van der Waals surface area contributed by atoms with Crippen molar-refractivity contribution in [2.24, 2.45) is 0 Å². The zero-order valence-corrected chi connectivity index (χ0v) is 31.5. The van der Waals surface area contributed by atoms with Crippen LogP contribution in [0.2, 0.25) is 0 Å². The third kappa shape index (κ3) is 12.3. The molecule has 1 heterocycles. The number of amides is 3. The van der Waals surface area contributed by atoms with Gasteiger partial charge in [0, 0.05) is 38.1 Å². The number of rotatable bonds is 19. The van der Waals surface area contributed by atoms with Crippen LogP contribution in [0.1, 0.15) is 48.4 Å². The Kier molecular flexibility index (Phi) is 15.6. The molecule has 286 valence electrons. The van der Waals surface area contributed by atoms with E-state index in [-0.39, 0.29) is 36.9 Å². The van der Waals surface area contributed by atoms with E-state index in [2.05, 4.69) is 16.0 Å². The fraction of sp³-hybridized carbons (Fsp3) is 0.386. The van der Waals surface area contributed by atoms with Crippen molar-refractivity contribution in [3.8, 4) is 0 Å². The van der Waals surface area contributed by atoms with E-state index in [9.17, 15) is 19.5 Å². The maximum absolute atomic E-state index is 14.7. The molecule has 1 aliphatic rings. The molecule has 10 nitrogen and oxygen atoms in total. The van der Waals surface area contributed by atoms with Crippen LogP contribution in [0.5, 0.6) is 0 Å². The predicted molar refractivity (Wildman–Crippen MR) is 211 cm³/mol. The summed E-state index contributed by atoms with van der Waals surface area (Å²) >= 11 is 0. The van der Waals surface area contributed by atoms with Crippen LogP contribution in [-0.4, -0.2) is 89.9 Å². The zero-order chi connectivity index (χ0) is 38.1. The highest BCUT2D eigenvalue weighted by molar-refractivity contribution is 5.86. The number of hydrogen-bond acceptors (Lipinski definition) is 7. The molecule has 54 heavy (non-hydrogen) atoms. The van der Waals surface area contributed by atoms with E-state index in [0.717, 1.165) is 35.1 Å². The van der Waals surface area contributed by atoms with E-state index in [1.54, 1.807) is 11.9 Å². The molecule has 0 radical (unpaired) electrons. The molecule has 0 bridgehead atoms. The number of aryl methyl sites for hydroxylation is 1. The quantitative estimate of drug-likeness (QED) is 0.0990. The monoisotopic (exact) mass is 733 g/mol. The maximum Gasteiger partial charge on any atom is 0.408 e. The topological polar surface area (TPSA) is 123 Å². The van der Waals surface area contributed by atoms with Gasteiger partial charge in [0.1, 0.15) is 18.9 Å². The molecule has 1 saturated heterocycles. The Labute approximate surface area is 319 Å². The molecule has 1 aliphatic heterocycles. The number of hydrogen-bond donors (Lipinski definition) is 4. The van der Waals surface area contributed by atoms with Crippen LogP contribution in [-0.2, 0) is 40.2 Å². The van der Waals surface area contributed by atoms with E-state index in [1.165, 1.54) is 0 Å². The first-order chi connectivity index (χ1) is 26.3. The summed E-state index contributed by atoms with van der Waals surface area (Å²) < 4.78 is 5.57. The van der Waals surface area contributed by atoms with E-state index < -0.39 is 24.4 Å². The summed E-state index contributed by atoms with van der Waals surface area (Å²) in [6.07, 6.45) is 1.99. The van der Waals surface area contributed by atoms with Gasteiger partial charge in [0.15, 0.2) is 0 Å². The highest BCUT2D eigenvalue weighted by Crippen LogP contribution is 2.22. The molecule has 0 aromatic heterocycles. The Morgan fingerprint density at radius 2 is 1.35 bits per heavy atom. The third-order valence-corrected chi connectivity index (χ3v) is 10.2. The van der Waals surface area contributed by atoms with Crippen molar-refractivity contribution in [3.05, 3.63) is 144 Å². The van der Waals surface area contributed by atoms with Gasteiger partial charge >= 0.3 is 6.09 Å². The largest absolute Gasteiger partial charge is 0.445 e. The van der Waals surface area contributed by atoms with Crippen molar-refractivity contribution < 1.29 is 24.2 Å². The van der Waals surface area contributed by atoms with Crippen LogP contribution in [0.3, 0.4) is 0 Å². The van der Waals surface area contributed by atoms with Crippen molar-refractivity contribution in [2.45, 2.75) is 82.5 Å². The number of nitrogens with zero attached hydrogens (tertiary/aromatic N) is 2. The van der Waals surface area contributed by atoms with Crippen LogP contribution in [0.4, 0.5) is 4.79 Å². The highest BCUT2D eigenvalue weighted by atomic mass is 16.5. The van der Waals surface area contributed by atoms with Gasteiger partial charge in [0.25, 0.3) is 0 Å². The van der Waals surface area contributed by atoms with E-state index >= 15 is 0 Å². The average Bonchev–Trinajstić information content (AvgIpc) is 3.68. The highest BCUT2D eigenvalue weighted by Gasteiger charge is 2.37. The van der Waals surface area contributed by atoms with Crippen LogP contribution in [0.25, 0.3) is 0 Å². The average molecular weight is 734 g/mol. The van der Waals surface area contributed by atoms with Gasteiger partial charge in [0.2, 0.25) is 11.8 Å². The molecule has 4 N–H and O–H groups in total. The van der Waals surface area contributed by atoms with Crippen molar-refractivity contribution in [1.29, 1.82) is 0 Å². The first kappa shape index (κ1) is 40.2. The summed E-state index contributed by atoms with van der Waals surface area (Å²) in [5, 5.41) is 20.1. The molecule has 1 fully saturated rings. The van der Waals surface area contributed by atoms with Crippen LogP contribution in [0.15, 0.2) is 121 Å².